The highest BCUT2D eigenvalue weighted by molar-refractivity contribution is 5.95. The van der Waals surface area contributed by atoms with Gasteiger partial charge < -0.3 is 34.2 Å². The predicted molar refractivity (Wildman–Crippen MR) is 149 cm³/mol. The van der Waals surface area contributed by atoms with E-state index < -0.39 is 0 Å². The molecule has 202 valence electrons. The highest BCUT2D eigenvalue weighted by Crippen LogP contribution is 2.36. The molecule has 1 aromatic heterocycles. The third-order valence-electron chi connectivity index (χ3n) is 8.01. The minimum Gasteiger partial charge on any atom is -0.467 e. The van der Waals surface area contributed by atoms with Crippen molar-refractivity contribution in [3.05, 3.63) is 47.7 Å². The average Bonchev–Trinajstić information content (AvgIpc) is 3.38. The first kappa shape index (κ1) is 25.2. The number of piperazine rings is 1. The molecule has 2 fully saturated rings. The molecule has 3 aliphatic rings. The van der Waals surface area contributed by atoms with Gasteiger partial charge in [-0.15, -0.1) is 0 Å². The Bertz CT molecular complexity index is 1260. The Morgan fingerprint density at radius 2 is 1.87 bits per heavy atom. The number of aromatic nitrogens is 2. The Kier molecular flexibility index (Phi) is 7.49. The molecule has 1 N–H and O–H groups in total. The highest BCUT2D eigenvalue weighted by Gasteiger charge is 2.28. The molecule has 3 aliphatic heterocycles. The van der Waals surface area contributed by atoms with Crippen LogP contribution in [-0.2, 0) is 17.7 Å². The van der Waals surface area contributed by atoms with Gasteiger partial charge in [0.1, 0.15) is 18.2 Å². The van der Waals surface area contributed by atoms with E-state index in [9.17, 15) is 0 Å². The minimum atomic E-state index is 0.221. The molecular formula is C29H38N6O3. The average molecular weight is 519 g/mol. The van der Waals surface area contributed by atoms with Crippen molar-refractivity contribution in [1.82, 2.24) is 20.2 Å². The van der Waals surface area contributed by atoms with Gasteiger partial charge in [-0.2, -0.15) is 9.97 Å². The van der Waals surface area contributed by atoms with E-state index in [2.05, 4.69) is 63.5 Å². The summed E-state index contributed by atoms with van der Waals surface area (Å²) in [4.78, 5) is 17.2. The van der Waals surface area contributed by atoms with Gasteiger partial charge in [0.25, 0.3) is 0 Å². The van der Waals surface area contributed by atoms with Crippen LogP contribution in [0.1, 0.15) is 24.1 Å². The van der Waals surface area contributed by atoms with Gasteiger partial charge in [-0.05, 0) is 44.3 Å². The first-order chi connectivity index (χ1) is 18.7. The van der Waals surface area contributed by atoms with E-state index in [1.54, 1.807) is 7.11 Å². The van der Waals surface area contributed by atoms with Crippen molar-refractivity contribution in [2.45, 2.75) is 31.8 Å². The standard InChI is InChI=1S/C29H38N6O3/c1-33-12-5-7-22(33)19-37-29-31-26-18-35(13-9-25(26)28(32-29)34-14-10-30-11-15-34)27-17-23(38-20-36-2)16-21-6-3-4-8-24(21)27/h3-4,6,8,16-17,22,30H,5,7,9-15,18-20H2,1-2H3. The first-order valence-electron chi connectivity index (χ1n) is 13.8. The van der Waals surface area contributed by atoms with Gasteiger partial charge in [0, 0.05) is 68.6 Å². The molecule has 6 rings (SSSR count). The monoisotopic (exact) mass is 518 g/mol. The summed E-state index contributed by atoms with van der Waals surface area (Å²) in [5, 5.41) is 5.82. The van der Waals surface area contributed by atoms with Crippen LogP contribution in [0.4, 0.5) is 11.5 Å². The summed E-state index contributed by atoms with van der Waals surface area (Å²) >= 11 is 0. The van der Waals surface area contributed by atoms with Gasteiger partial charge in [0.05, 0.1) is 12.2 Å². The fourth-order valence-electron chi connectivity index (χ4n) is 5.89. The van der Waals surface area contributed by atoms with Gasteiger partial charge in [-0.1, -0.05) is 24.3 Å². The number of likely N-dealkylation sites (N-methyl/N-ethyl adjacent to an activating group) is 1. The van der Waals surface area contributed by atoms with E-state index in [1.165, 1.54) is 17.4 Å². The van der Waals surface area contributed by atoms with Crippen LogP contribution in [0.3, 0.4) is 0 Å². The molecule has 0 radical (unpaired) electrons. The van der Waals surface area contributed by atoms with Crippen molar-refractivity contribution in [3.63, 3.8) is 0 Å². The Morgan fingerprint density at radius 1 is 1.00 bits per heavy atom. The molecule has 3 aromatic rings. The lowest BCUT2D eigenvalue weighted by atomic mass is 10.0. The molecule has 0 amide bonds. The maximum Gasteiger partial charge on any atom is 0.318 e. The van der Waals surface area contributed by atoms with Crippen LogP contribution in [0.5, 0.6) is 11.8 Å². The molecule has 2 saturated heterocycles. The van der Waals surface area contributed by atoms with Crippen molar-refractivity contribution < 1.29 is 14.2 Å². The highest BCUT2D eigenvalue weighted by atomic mass is 16.7. The van der Waals surface area contributed by atoms with Crippen molar-refractivity contribution in [3.8, 4) is 11.8 Å². The first-order valence-corrected chi connectivity index (χ1v) is 13.8. The summed E-state index contributed by atoms with van der Waals surface area (Å²) in [6, 6.07) is 13.6. The van der Waals surface area contributed by atoms with Crippen LogP contribution >= 0.6 is 0 Å². The second-order valence-electron chi connectivity index (χ2n) is 10.5. The minimum absolute atomic E-state index is 0.221. The fourth-order valence-corrected chi connectivity index (χ4v) is 5.89. The maximum atomic E-state index is 6.27. The zero-order chi connectivity index (χ0) is 25.9. The molecule has 38 heavy (non-hydrogen) atoms. The molecule has 0 spiro atoms. The van der Waals surface area contributed by atoms with Gasteiger partial charge in [0.15, 0.2) is 6.79 Å². The quantitative estimate of drug-likeness (QED) is 0.453. The number of hydrogen-bond donors (Lipinski definition) is 1. The van der Waals surface area contributed by atoms with Crippen LogP contribution in [0, 0.1) is 0 Å². The topological polar surface area (TPSA) is 75.2 Å². The summed E-state index contributed by atoms with van der Waals surface area (Å²) in [5.41, 5.74) is 3.46. The molecule has 1 atom stereocenters. The molecule has 0 aliphatic carbocycles. The Hall–Kier alpha value is -3.14. The molecular weight excluding hydrogens is 480 g/mol. The van der Waals surface area contributed by atoms with Gasteiger partial charge in [-0.25, -0.2) is 0 Å². The van der Waals surface area contributed by atoms with Gasteiger partial charge in [0.2, 0.25) is 0 Å². The van der Waals surface area contributed by atoms with Gasteiger partial charge >= 0.3 is 6.01 Å². The third-order valence-corrected chi connectivity index (χ3v) is 8.01. The van der Waals surface area contributed by atoms with E-state index >= 15 is 0 Å². The number of hydrogen-bond acceptors (Lipinski definition) is 9. The van der Waals surface area contributed by atoms with Crippen LogP contribution in [0.2, 0.25) is 0 Å². The summed E-state index contributed by atoms with van der Waals surface area (Å²) < 4.78 is 17.3. The normalized spacial score (nSPS) is 20.1. The molecule has 2 aromatic carbocycles. The number of methoxy groups -OCH3 is 1. The SMILES string of the molecule is COCOc1cc(N2CCc3c(nc(OCC4CCCN4C)nc3N3CCNCC3)C2)c2ccccc2c1. The largest absolute Gasteiger partial charge is 0.467 e. The fraction of sp³-hybridized carbons (Fsp3) is 0.517. The smallest absolute Gasteiger partial charge is 0.318 e. The number of fused-ring (bicyclic) bond motifs is 2. The lowest BCUT2D eigenvalue weighted by Gasteiger charge is -2.35. The van der Waals surface area contributed by atoms with Crippen molar-refractivity contribution >= 4 is 22.3 Å². The summed E-state index contributed by atoms with van der Waals surface area (Å²) in [7, 11) is 3.82. The number of likely N-dealkylation sites (tertiary alicyclic amines) is 1. The molecule has 0 saturated carbocycles. The van der Waals surface area contributed by atoms with Gasteiger partial charge in [-0.3, -0.25) is 0 Å². The molecule has 9 heteroatoms. The lowest BCUT2D eigenvalue weighted by Crippen LogP contribution is -2.45. The van der Waals surface area contributed by atoms with Crippen molar-refractivity contribution in [1.29, 1.82) is 0 Å². The number of anilines is 2. The summed E-state index contributed by atoms with van der Waals surface area (Å²) in [6.07, 6.45) is 3.27. The molecule has 4 heterocycles. The lowest BCUT2D eigenvalue weighted by molar-refractivity contribution is 0.0512. The Balaban J connectivity index is 1.33. The van der Waals surface area contributed by atoms with Crippen LogP contribution in [0.25, 0.3) is 10.8 Å². The second kappa shape index (κ2) is 11.3. The van der Waals surface area contributed by atoms with E-state index in [4.69, 9.17) is 24.2 Å². The van der Waals surface area contributed by atoms with Crippen LogP contribution in [-0.4, -0.2) is 87.7 Å². The second-order valence-corrected chi connectivity index (χ2v) is 10.5. The number of rotatable bonds is 8. The van der Waals surface area contributed by atoms with Crippen molar-refractivity contribution in [2.24, 2.45) is 0 Å². The predicted octanol–water partition coefficient (Wildman–Crippen LogP) is 3.06. The van der Waals surface area contributed by atoms with Crippen LogP contribution < -0.4 is 24.6 Å². The Labute approximate surface area is 224 Å². The third kappa shape index (κ3) is 5.23. The van der Waals surface area contributed by atoms with E-state index in [-0.39, 0.29) is 6.79 Å². The summed E-state index contributed by atoms with van der Waals surface area (Å²) in [6.45, 7) is 7.39. The number of nitrogens with zero attached hydrogens (tertiary/aromatic N) is 5. The number of benzene rings is 2. The van der Waals surface area contributed by atoms with E-state index in [0.29, 0.717) is 25.2 Å². The van der Waals surface area contributed by atoms with E-state index in [0.717, 1.165) is 80.4 Å². The number of ether oxygens (including phenoxy) is 3. The maximum absolute atomic E-state index is 6.27. The number of nitrogens with one attached hydrogen (secondary N) is 1. The molecule has 1 unspecified atom stereocenters. The molecule has 0 bridgehead atoms. The van der Waals surface area contributed by atoms with Crippen molar-refractivity contribution in [2.75, 3.05) is 76.6 Å². The molecule has 9 nitrogen and oxygen atoms in total. The zero-order valence-electron chi connectivity index (χ0n) is 22.5. The summed E-state index contributed by atoms with van der Waals surface area (Å²) in [5.74, 6) is 1.85. The Morgan fingerprint density at radius 3 is 2.68 bits per heavy atom. The zero-order valence-corrected chi connectivity index (χ0v) is 22.5. The van der Waals surface area contributed by atoms with E-state index in [1.807, 2.05) is 0 Å². The van der Waals surface area contributed by atoms with Crippen LogP contribution in [0.15, 0.2) is 36.4 Å².